The smallest absolute Gasteiger partial charge is 0.0540 e. The van der Waals surface area contributed by atoms with Crippen LogP contribution in [0.15, 0.2) is 261 Å². The van der Waals surface area contributed by atoms with Crippen LogP contribution in [0.1, 0.15) is 0 Å². The Morgan fingerprint density at radius 3 is 1.41 bits per heavy atom. The first-order chi connectivity index (χ1) is 31.3. The Morgan fingerprint density at radius 2 is 0.683 bits per heavy atom. The number of para-hydroxylation sites is 1. The third-order valence-electron chi connectivity index (χ3n) is 12.3. The Hall–Kier alpha value is -8.26. The van der Waals surface area contributed by atoms with Gasteiger partial charge in [0.2, 0.25) is 0 Å². The molecule has 0 bridgehead atoms. The van der Waals surface area contributed by atoms with E-state index in [2.05, 4.69) is 266 Å². The molecule has 63 heavy (non-hydrogen) atoms. The largest absolute Gasteiger partial charge is 0.310 e. The first kappa shape index (κ1) is 37.7. The summed E-state index contributed by atoms with van der Waals surface area (Å²) < 4.78 is 0. The van der Waals surface area contributed by atoms with E-state index in [9.17, 15) is 0 Å². The number of rotatable bonds is 9. The van der Waals surface area contributed by atoms with Gasteiger partial charge >= 0.3 is 0 Å². The maximum atomic E-state index is 2.43. The molecule has 0 amide bonds. The van der Waals surface area contributed by atoms with Gasteiger partial charge in [-0.3, -0.25) is 0 Å². The molecule has 0 atom stereocenters. The van der Waals surface area contributed by atoms with Crippen LogP contribution >= 0.6 is 0 Å². The highest BCUT2D eigenvalue weighted by Crippen LogP contribution is 2.48. The van der Waals surface area contributed by atoms with Crippen molar-refractivity contribution in [2.45, 2.75) is 0 Å². The summed E-state index contributed by atoms with van der Waals surface area (Å²) in [7, 11) is 0. The number of anilines is 3. The second-order valence-corrected chi connectivity index (χ2v) is 16.0. The fourth-order valence-electron chi connectivity index (χ4n) is 9.26. The van der Waals surface area contributed by atoms with Crippen LogP contribution in [0.5, 0.6) is 0 Å². The van der Waals surface area contributed by atoms with Gasteiger partial charge < -0.3 is 4.90 Å². The molecule has 0 unspecified atom stereocenters. The molecule has 11 aromatic carbocycles. The van der Waals surface area contributed by atoms with Gasteiger partial charge in [0.1, 0.15) is 0 Å². The van der Waals surface area contributed by atoms with Crippen molar-refractivity contribution in [2.24, 2.45) is 0 Å². The average Bonchev–Trinajstić information content (AvgIpc) is 3.37. The summed E-state index contributed by atoms with van der Waals surface area (Å²) in [4.78, 5) is 2.43. The lowest BCUT2D eigenvalue weighted by atomic mass is 9.84. The molecule has 11 aromatic rings. The summed E-state index contributed by atoms with van der Waals surface area (Å²) in [6.07, 6.45) is 0. The average molecular weight is 802 g/mol. The second-order valence-electron chi connectivity index (χ2n) is 16.0. The van der Waals surface area contributed by atoms with Crippen molar-refractivity contribution < 1.29 is 0 Å². The highest BCUT2D eigenvalue weighted by Gasteiger charge is 2.23. The van der Waals surface area contributed by atoms with Crippen molar-refractivity contribution >= 4 is 38.6 Å². The second kappa shape index (κ2) is 16.7. The van der Waals surface area contributed by atoms with Gasteiger partial charge in [0.15, 0.2) is 0 Å². The molecule has 0 saturated carbocycles. The van der Waals surface area contributed by atoms with Gasteiger partial charge in [-0.2, -0.15) is 0 Å². The van der Waals surface area contributed by atoms with Crippen molar-refractivity contribution in [2.75, 3.05) is 4.90 Å². The van der Waals surface area contributed by atoms with Crippen LogP contribution in [0.2, 0.25) is 0 Å². The Kier molecular flexibility index (Phi) is 9.97. The zero-order valence-electron chi connectivity index (χ0n) is 34.8. The standard InChI is InChI=1S/C62H43N/c1-3-18-46(19-4-1)56-26-11-12-28-59(56)62-57(48-20-5-2-6-21-48)30-16-31-60(62)58-27-13-14-32-61(58)63(52-39-35-45(36-40-52)51-34-33-44-17-7-8-23-50(44)43-51)53-41-37-49(38-42-53)55-29-15-24-47-22-9-10-25-54(47)55/h1-43H. The van der Waals surface area contributed by atoms with Gasteiger partial charge in [-0.25, -0.2) is 0 Å². The third-order valence-corrected chi connectivity index (χ3v) is 12.3. The molecule has 11 rings (SSSR count). The molecule has 0 fully saturated rings. The molecule has 0 spiro atoms. The summed E-state index contributed by atoms with van der Waals surface area (Å²) in [5.74, 6) is 0. The third kappa shape index (κ3) is 7.26. The highest BCUT2D eigenvalue weighted by atomic mass is 15.1. The van der Waals surface area contributed by atoms with E-state index >= 15 is 0 Å². The molecule has 1 nitrogen and oxygen atoms in total. The lowest BCUT2D eigenvalue weighted by Gasteiger charge is -2.29. The van der Waals surface area contributed by atoms with E-state index in [0.29, 0.717) is 0 Å². The Labute approximate surface area is 369 Å². The van der Waals surface area contributed by atoms with E-state index < -0.39 is 0 Å². The molecule has 296 valence electrons. The molecule has 1 heteroatoms. The monoisotopic (exact) mass is 801 g/mol. The van der Waals surface area contributed by atoms with Crippen LogP contribution in [-0.2, 0) is 0 Å². The molecule has 0 aromatic heterocycles. The maximum Gasteiger partial charge on any atom is 0.0540 e. The first-order valence-electron chi connectivity index (χ1n) is 21.7. The van der Waals surface area contributed by atoms with Crippen molar-refractivity contribution in [3.63, 3.8) is 0 Å². The minimum atomic E-state index is 1.08. The molecule has 0 aliphatic heterocycles. The normalized spacial score (nSPS) is 11.2. The van der Waals surface area contributed by atoms with Gasteiger partial charge in [0.25, 0.3) is 0 Å². The van der Waals surface area contributed by atoms with Crippen LogP contribution in [-0.4, -0.2) is 0 Å². The molecule has 0 N–H and O–H groups in total. The van der Waals surface area contributed by atoms with E-state index in [1.165, 1.54) is 82.7 Å². The zero-order chi connectivity index (χ0) is 42.0. The van der Waals surface area contributed by atoms with Gasteiger partial charge in [-0.05, 0) is 119 Å². The molecule has 0 saturated heterocycles. The van der Waals surface area contributed by atoms with Gasteiger partial charge in [-0.15, -0.1) is 0 Å². The molecular formula is C62H43N. The van der Waals surface area contributed by atoms with E-state index in [1.54, 1.807) is 0 Å². The van der Waals surface area contributed by atoms with E-state index in [-0.39, 0.29) is 0 Å². The number of hydrogen-bond acceptors (Lipinski definition) is 1. The minimum absolute atomic E-state index is 1.08. The van der Waals surface area contributed by atoms with Crippen molar-refractivity contribution in [1.82, 2.24) is 0 Å². The van der Waals surface area contributed by atoms with E-state index in [1.807, 2.05) is 0 Å². The molecular weight excluding hydrogens is 759 g/mol. The summed E-state index contributed by atoms with van der Waals surface area (Å²) >= 11 is 0. The fourth-order valence-corrected chi connectivity index (χ4v) is 9.26. The molecule has 0 aliphatic rings. The van der Waals surface area contributed by atoms with Crippen molar-refractivity contribution in [3.8, 4) is 66.8 Å². The predicted octanol–water partition coefficient (Wildman–Crippen LogP) is 17.5. The van der Waals surface area contributed by atoms with Crippen LogP contribution in [0.3, 0.4) is 0 Å². The minimum Gasteiger partial charge on any atom is -0.310 e. The summed E-state index contributed by atoms with van der Waals surface area (Å²) in [6.45, 7) is 0. The summed E-state index contributed by atoms with van der Waals surface area (Å²) in [6, 6.07) is 94.8. The topological polar surface area (TPSA) is 3.24 Å². The molecule has 0 aliphatic carbocycles. The van der Waals surface area contributed by atoms with E-state index in [0.717, 1.165) is 22.6 Å². The lowest BCUT2D eigenvalue weighted by molar-refractivity contribution is 1.28. The van der Waals surface area contributed by atoms with Gasteiger partial charge in [-0.1, -0.05) is 224 Å². The lowest BCUT2D eigenvalue weighted by Crippen LogP contribution is -2.11. The Balaban J connectivity index is 1.11. The zero-order valence-corrected chi connectivity index (χ0v) is 34.8. The highest BCUT2D eigenvalue weighted by molar-refractivity contribution is 6.03. The van der Waals surface area contributed by atoms with Gasteiger partial charge in [0, 0.05) is 16.9 Å². The Morgan fingerprint density at radius 1 is 0.222 bits per heavy atom. The number of hydrogen-bond donors (Lipinski definition) is 0. The SMILES string of the molecule is c1ccc(-c2ccccc2-c2c(-c3ccccc3)cccc2-c2ccccc2N(c2ccc(-c3ccc4ccccc4c3)cc2)c2ccc(-c3cccc4ccccc34)cc2)cc1. The van der Waals surface area contributed by atoms with Crippen molar-refractivity contribution in [3.05, 3.63) is 261 Å². The van der Waals surface area contributed by atoms with E-state index in [4.69, 9.17) is 0 Å². The molecule has 0 heterocycles. The maximum absolute atomic E-state index is 2.43. The number of benzene rings is 11. The Bertz CT molecular complexity index is 3360. The van der Waals surface area contributed by atoms with Crippen molar-refractivity contribution in [1.29, 1.82) is 0 Å². The van der Waals surface area contributed by atoms with Gasteiger partial charge in [0.05, 0.1) is 5.69 Å². The van der Waals surface area contributed by atoms with Crippen LogP contribution in [0, 0.1) is 0 Å². The fraction of sp³-hybridized carbons (Fsp3) is 0. The predicted molar refractivity (Wildman–Crippen MR) is 269 cm³/mol. The number of fused-ring (bicyclic) bond motifs is 2. The van der Waals surface area contributed by atoms with Crippen LogP contribution in [0.25, 0.3) is 88.3 Å². The first-order valence-corrected chi connectivity index (χ1v) is 21.7. The number of nitrogens with zero attached hydrogens (tertiary/aromatic N) is 1. The quantitative estimate of drug-likeness (QED) is 0.141. The van der Waals surface area contributed by atoms with Crippen LogP contribution in [0.4, 0.5) is 17.1 Å². The summed E-state index contributed by atoms with van der Waals surface area (Å²) in [5, 5.41) is 4.97. The van der Waals surface area contributed by atoms with Crippen LogP contribution < -0.4 is 4.90 Å². The molecule has 0 radical (unpaired) electrons. The summed E-state index contributed by atoms with van der Waals surface area (Å²) in [5.41, 5.74) is 17.5.